The number of hydrogen-bond donors (Lipinski definition) is 8. The third-order valence-electron chi connectivity index (χ3n) is 7.16. The first-order valence-electron chi connectivity index (χ1n) is 16.1. The van der Waals surface area contributed by atoms with E-state index >= 15 is 0 Å². The molecular formula is C30H44O16S8. The van der Waals surface area contributed by atoms with Crippen LogP contribution in [0.25, 0.3) is 0 Å². The number of hydrogen-bond acceptors (Lipinski definition) is 16. The van der Waals surface area contributed by atoms with Crippen molar-refractivity contribution in [2.75, 3.05) is 46.0 Å². The Morgan fingerprint density at radius 3 is 0.704 bits per heavy atom. The molecule has 54 heavy (non-hydrogen) atoms. The lowest BCUT2D eigenvalue weighted by Gasteiger charge is -2.63. The van der Waals surface area contributed by atoms with Crippen LogP contribution in [0.2, 0.25) is 0 Å². The maximum atomic E-state index is 11.9. The molecule has 0 amide bonds. The highest BCUT2D eigenvalue weighted by molar-refractivity contribution is 8.27. The Labute approximate surface area is 345 Å². The summed E-state index contributed by atoms with van der Waals surface area (Å²) in [6.07, 6.45) is -2.76. The quantitative estimate of drug-likeness (QED) is 0.0430. The number of carboxylic acids is 8. The summed E-state index contributed by atoms with van der Waals surface area (Å²) in [6, 6.07) is 0. The van der Waals surface area contributed by atoms with Gasteiger partial charge in [-0.1, -0.05) is 0 Å². The fourth-order valence-corrected chi connectivity index (χ4v) is 22.1. The Bertz CT molecular complexity index is 1170. The van der Waals surface area contributed by atoms with Gasteiger partial charge in [0.2, 0.25) is 0 Å². The Balaban J connectivity index is 4.45. The van der Waals surface area contributed by atoms with Crippen LogP contribution < -0.4 is 0 Å². The number of rotatable bonds is 32. The molecule has 0 aromatic carbocycles. The summed E-state index contributed by atoms with van der Waals surface area (Å²) in [6.45, 7) is 0. The fraction of sp³-hybridized carbons (Fsp3) is 0.733. The molecule has 0 aromatic heterocycles. The van der Waals surface area contributed by atoms with Crippen LogP contribution in [0, 0.1) is 0 Å². The molecule has 308 valence electrons. The van der Waals surface area contributed by atoms with Crippen LogP contribution in [0.1, 0.15) is 51.4 Å². The standard InChI is InChI=1S/C30H44O16S8/c31-17(32)1-9-47-25-26(48-10-2-18(33)34)28(50-12-4-20(37)38)30(53-15-7-23(43)44,54-16-8-24(45)46)29(51-13-5-21(39)40,52-14-6-22(41)42)27(25)49-11-3-19(35)36/h25-28H,1-16H2,(H,31,32)(H,33,34)(H,35,36)(H,37,38)(H,39,40)(H,41,42)(H,43,44)(H,45,46). The summed E-state index contributed by atoms with van der Waals surface area (Å²) < 4.78 is -2.72. The molecule has 16 nitrogen and oxygen atoms in total. The van der Waals surface area contributed by atoms with Crippen molar-refractivity contribution in [1.29, 1.82) is 0 Å². The average molecular weight is 917 g/mol. The molecule has 8 N–H and O–H groups in total. The van der Waals surface area contributed by atoms with Gasteiger partial charge in [-0.25, -0.2) is 0 Å². The maximum absolute atomic E-state index is 11.9. The minimum Gasteiger partial charge on any atom is -0.481 e. The zero-order chi connectivity index (χ0) is 40.9. The van der Waals surface area contributed by atoms with Crippen LogP contribution in [0.4, 0.5) is 0 Å². The number of carboxylic acid groups (broad SMARTS) is 8. The molecule has 0 aromatic rings. The lowest BCUT2D eigenvalue weighted by molar-refractivity contribution is -0.137. The Morgan fingerprint density at radius 2 is 0.500 bits per heavy atom. The Kier molecular flexibility index (Phi) is 24.8. The van der Waals surface area contributed by atoms with Crippen molar-refractivity contribution in [3.63, 3.8) is 0 Å². The molecule has 1 fully saturated rings. The number of carbonyl (C=O) groups is 8. The third kappa shape index (κ3) is 17.8. The van der Waals surface area contributed by atoms with Gasteiger partial charge in [0.05, 0.1) is 59.5 Å². The minimum atomic E-state index is -1.36. The zero-order valence-corrected chi connectivity index (χ0v) is 35.3. The lowest BCUT2D eigenvalue weighted by Crippen LogP contribution is -2.69. The van der Waals surface area contributed by atoms with E-state index in [1.165, 1.54) is 47.0 Å². The zero-order valence-electron chi connectivity index (χ0n) is 28.7. The largest absolute Gasteiger partial charge is 0.481 e. The average Bonchev–Trinajstić information content (AvgIpc) is 3.03. The molecule has 0 bridgehead atoms. The molecule has 1 aliphatic rings. The van der Waals surface area contributed by atoms with Gasteiger partial charge in [0.15, 0.2) is 0 Å². The topological polar surface area (TPSA) is 298 Å². The van der Waals surface area contributed by atoms with Crippen molar-refractivity contribution in [3.8, 4) is 0 Å². The maximum Gasteiger partial charge on any atom is 0.304 e. The molecule has 1 rings (SSSR count). The van der Waals surface area contributed by atoms with Gasteiger partial charge < -0.3 is 40.9 Å². The van der Waals surface area contributed by atoms with Crippen molar-refractivity contribution >= 4 is 142 Å². The predicted octanol–water partition coefficient (Wildman–Crippen LogP) is 4.53. The normalized spacial score (nSPS) is 20.1. The first kappa shape index (κ1) is 50.6. The third-order valence-corrected chi connectivity index (χ3v) is 21.5. The molecule has 0 radical (unpaired) electrons. The van der Waals surface area contributed by atoms with Gasteiger partial charge in [-0.3, -0.25) is 38.4 Å². The second-order valence-electron chi connectivity index (χ2n) is 11.1. The summed E-state index contributed by atoms with van der Waals surface area (Å²) in [5.41, 5.74) is 0. The van der Waals surface area contributed by atoms with E-state index in [0.29, 0.717) is 0 Å². The SMILES string of the molecule is O=C(O)CCSC1C(SCCC(=O)O)C(SCCC(=O)O)C(SCCC(=O)O)(SCCC(=O)O)C(SCCC(=O)O)(SCCC(=O)O)C1SCCC(=O)O. The summed E-state index contributed by atoms with van der Waals surface area (Å²) in [7, 11) is 0. The first-order valence-corrected chi connectivity index (χ1v) is 24.3. The van der Waals surface area contributed by atoms with E-state index in [0.717, 1.165) is 47.0 Å². The summed E-state index contributed by atoms with van der Waals surface area (Å²) in [5, 5.41) is 74.5. The van der Waals surface area contributed by atoms with Crippen molar-refractivity contribution in [3.05, 3.63) is 0 Å². The number of thioether (sulfide) groups is 8. The van der Waals surface area contributed by atoms with E-state index in [4.69, 9.17) is 0 Å². The van der Waals surface area contributed by atoms with E-state index in [1.54, 1.807) is 0 Å². The summed E-state index contributed by atoms with van der Waals surface area (Å²) >= 11 is 9.47. The van der Waals surface area contributed by atoms with Gasteiger partial charge in [0.1, 0.15) is 0 Å². The molecule has 1 aliphatic carbocycles. The molecule has 1 saturated carbocycles. The van der Waals surface area contributed by atoms with E-state index in [-0.39, 0.29) is 97.4 Å². The summed E-state index contributed by atoms with van der Waals surface area (Å²) in [5.74, 6) is -9.35. The van der Waals surface area contributed by atoms with Gasteiger partial charge in [-0.2, -0.15) is 47.0 Å². The monoisotopic (exact) mass is 916 g/mol. The van der Waals surface area contributed by atoms with E-state index in [1.807, 2.05) is 0 Å². The van der Waals surface area contributed by atoms with Crippen molar-refractivity contribution < 1.29 is 79.2 Å². The van der Waals surface area contributed by atoms with Crippen LogP contribution >= 0.6 is 94.1 Å². The van der Waals surface area contributed by atoms with Gasteiger partial charge in [0, 0.05) is 67.0 Å². The van der Waals surface area contributed by atoms with Crippen molar-refractivity contribution in [2.45, 2.75) is 80.5 Å². The fourth-order valence-electron chi connectivity index (χ4n) is 5.03. The van der Waals surface area contributed by atoms with Gasteiger partial charge in [-0.15, -0.1) is 47.0 Å². The van der Waals surface area contributed by atoms with E-state index < -0.39 is 76.9 Å². The van der Waals surface area contributed by atoms with Gasteiger partial charge >= 0.3 is 47.8 Å². The van der Waals surface area contributed by atoms with Crippen molar-refractivity contribution in [1.82, 2.24) is 0 Å². The molecule has 0 spiro atoms. The lowest BCUT2D eigenvalue weighted by atomic mass is 9.95. The van der Waals surface area contributed by atoms with Crippen molar-refractivity contribution in [2.24, 2.45) is 0 Å². The van der Waals surface area contributed by atoms with E-state index in [9.17, 15) is 79.2 Å². The predicted molar refractivity (Wildman–Crippen MR) is 218 cm³/mol. The second-order valence-corrected chi connectivity index (χ2v) is 22.1. The molecule has 4 atom stereocenters. The van der Waals surface area contributed by atoms with Gasteiger partial charge in [-0.05, 0) is 0 Å². The molecule has 24 heteroatoms. The molecule has 0 saturated heterocycles. The molecule has 0 heterocycles. The van der Waals surface area contributed by atoms with Crippen LogP contribution in [-0.2, 0) is 38.4 Å². The number of aliphatic carboxylic acids is 8. The highest BCUT2D eigenvalue weighted by Crippen LogP contribution is 2.71. The van der Waals surface area contributed by atoms with Crippen LogP contribution in [0.15, 0.2) is 0 Å². The minimum absolute atomic E-state index is 0.00424. The van der Waals surface area contributed by atoms with Crippen LogP contribution in [-0.4, -0.2) is 164 Å². The Morgan fingerprint density at radius 1 is 0.315 bits per heavy atom. The van der Waals surface area contributed by atoms with Crippen LogP contribution in [0.5, 0.6) is 0 Å². The highest BCUT2D eigenvalue weighted by Gasteiger charge is 2.69. The first-order chi connectivity index (χ1) is 25.4. The van der Waals surface area contributed by atoms with Gasteiger partial charge in [0.25, 0.3) is 0 Å². The molecular weight excluding hydrogens is 873 g/mol. The summed E-state index contributed by atoms with van der Waals surface area (Å²) in [4.78, 5) is 94.7. The Hall–Kier alpha value is -1.44. The smallest absolute Gasteiger partial charge is 0.304 e. The molecule has 4 unspecified atom stereocenters. The van der Waals surface area contributed by atoms with Crippen LogP contribution in [0.3, 0.4) is 0 Å². The van der Waals surface area contributed by atoms with E-state index in [2.05, 4.69) is 0 Å². The highest BCUT2D eigenvalue weighted by atomic mass is 32.2. The molecule has 0 aliphatic heterocycles. The second kappa shape index (κ2) is 26.5.